The second-order valence-electron chi connectivity index (χ2n) is 14.6. The highest BCUT2D eigenvalue weighted by Gasteiger charge is 2.35. The fourth-order valence-electron chi connectivity index (χ4n) is 8.64. The Bertz CT molecular complexity index is 2790. The maximum absolute atomic E-state index is 2.43. The van der Waals surface area contributed by atoms with Crippen molar-refractivity contribution in [2.45, 2.75) is 19.3 Å². The van der Waals surface area contributed by atoms with Crippen molar-refractivity contribution in [1.82, 2.24) is 4.57 Å². The number of para-hydroxylation sites is 2. The number of hydrogen-bond acceptors (Lipinski definition) is 1. The Hall–Kier alpha value is -6.64. The van der Waals surface area contributed by atoms with Crippen molar-refractivity contribution < 1.29 is 0 Å². The van der Waals surface area contributed by atoms with E-state index in [-0.39, 0.29) is 5.41 Å². The number of rotatable bonds is 6. The van der Waals surface area contributed by atoms with Gasteiger partial charge in [0.25, 0.3) is 0 Å². The molecule has 9 aromatic rings. The molecule has 1 aromatic heterocycles. The van der Waals surface area contributed by atoms with Crippen LogP contribution in [-0.4, -0.2) is 4.57 Å². The van der Waals surface area contributed by atoms with Gasteiger partial charge in [0.1, 0.15) is 0 Å². The van der Waals surface area contributed by atoms with Crippen LogP contribution in [0.3, 0.4) is 0 Å². The topological polar surface area (TPSA) is 8.17 Å². The summed E-state index contributed by atoms with van der Waals surface area (Å²) in [5.74, 6) is 0. The third-order valence-corrected chi connectivity index (χ3v) is 11.2. The monoisotopic (exact) mass is 678 g/mol. The van der Waals surface area contributed by atoms with Crippen molar-refractivity contribution >= 4 is 38.9 Å². The third kappa shape index (κ3) is 5.02. The maximum Gasteiger partial charge on any atom is 0.0562 e. The lowest BCUT2D eigenvalue weighted by molar-refractivity contribution is 0.660. The first-order valence-electron chi connectivity index (χ1n) is 18.4. The highest BCUT2D eigenvalue weighted by Crippen LogP contribution is 2.51. The normalized spacial score (nSPS) is 12.9. The standard InChI is InChI=1S/C51H38N2/c1-51(2)46-26-13-12-24-43(46)44-30-28-40(33-47(44)51)52(38-20-8-4-9-21-38)41-29-31-45-49(34-41)53(39-22-10-5-11-23-39)48-27-15-25-42(50(45)48)37-19-14-18-36(32-37)35-16-6-3-7-17-35/h3-34H,1-2H3. The number of hydrogen-bond donors (Lipinski definition) is 0. The number of benzene rings is 8. The van der Waals surface area contributed by atoms with Gasteiger partial charge in [0.15, 0.2) is 0 Å². The van der Waals surface area contributed by atoms with Crippen molar-refractivity contribution in [3.05, 3.63) is 205 Å². The van der Waals surface area contributed by atoms with Crippen molar-refractivity contribution in [2.75, 3.05) is 4.90 Å². The van der Waals surface area contributed by atoms with Crippen LogP contribution in [0.4, 0.5) is 17.1 Å². The van der Waals surface area contributed by atoms with Crippen LogP contribution < -0.4 is 4.90 Å². The molecule has 2 heteroatoms. The minimum Gasteiger partial charge on any atom is -0.310 e. The van der Waals surface area contributed by atoms with E-state index in [0.29, 0.717) is 0 Å². The molecule has 0 saturated heterocycles. The van der Waals surface area contributed by atoms with E-state index in [4.69, 9.17) is 0 Å². The van der Waals surface area contributed by atoms with Gasteiger partial charge in [0.2, 0.25) is 0 Å². The Morgan fingerprint density at radius 3 is 1.81 bits per heavy atom. The molecule has 0 atom stereocenters. The average molecular weight is 679 g/mol. The molecule has 1 heterocycles. The molecular weight excluding hydrogens is 641 g/mol. The third-order valence-electron chi connectivity index (χ3n) is 11.2. The van der Waals surface area contributed by atoms with Crippen molar-refractivity contribution in [3.8, 4) is 39.1 Å². The molecule has 0 bridgehead atoms. The van der Waals surface area contributed by atoms with Crippen LogP contribution in [0.1, 0.15) is 25.0 Å². The second-order valence-corrected chi connectivity index (χ2v) is 14.6. The molecule has 1 aliphatic carbocycles. The van der Waals surface area contributed by atoms with Crippen LogP contribution in [0.5, 0.6) is 0 Å². The number of nitrogens with zero attached hydrogens (tertiary/aromatic N) is 2. The van der Waals surface area contributed by atoms with E-state index in [1.165, 1.54) is 66.3 Å². The van der Waals surface area contributed by atoms with Crippen LogP contribution in [0.2, 0.25) is 0 Å². The molecule has 0 unspecified atom stereocenters. The van der Waals surface area contributed by atoms with Crippen LogP contribution in [0.25, 0.3) is 60.9 Å². The van der Waals surface area contributed by atoms with E-state index in [1.807, 2.05) is 0 Å². The van der Waals surface area contributed by atoms with Gasteiger partial charge in [-0.05, 0) is 105 Å². The zero-order valence-electron chi connectivity index (χ0n) is 29.9. The molecule has 0 fully saturated rings. The predicted octanol–water partition coefficient (Wildman–Crippen LogP) is 13.9. The Labute approximate surface area is 310 Å². The van der Waals surface area contributed by atoms with Crippen molar-refractivity contribution in [1.29, 1.82) is 0 Å². The van der Waals surface area contributed by atoms with E-state index in [0.717, 1.165) is 22.7 Å². The lowest BCUT2D eigenvalue weighted by Crippen LogP contribution is -2.16. The molecule has 0 N–H and O–H groups in total. The van der Waals surface area contributed by atoms with Crippen LogP contribution in [0, 0.1) is 0 Å². The van der Waals surface area contributed by atoms with E-state index < -0.39 is 0 Å². The summed E-state index contributed by atoms with van der Waals surface area (Å²) >= 11 is 0. The molecule has 53 heavy (non-hydrogen) atoms. The predicted molar refractivity (Wildman–Crippen MR) is 224 cm³/mol. The quantitative estimate of drug-likeness (QED) is 0.170. The van der Waals surface area contributed by atoms with E-state index in [1.54, 1.807) is 0 Å². The Morgan fingerprint density at radius 1 is 0.396 bits per heavy atom. The number of aromatic nitrogens is 1. The smallest absolute Gasteiger partial charge is 0.0562 e. The van der Waals surface area contributed by atoms with Crippen molar-refractivity contribution in [3.63, 3.8) is 0 Å². The van der Waals surface area contributed by atoms with Gasteiger partial charge in [-0.3, -0.25) is 0 Å². The van der Waals surface area contributed by atoms with Gasteiger partial charge in [-0.2, -0.15) is 0 Å². The van der Waals surface area contributed by atoms with E-state index in [2.05, 4.69) is 217 Å². The summed E-state index contributed by atoms with van der Waals surface area (Å²) < 4.78 is 2.43. The Morgan fingerprint density at radius 2 is 1.00 bits per heavy atom. The summed E-state index contributed by atoms with van der Waals surface area (Å²) in [4.78, 5) is 2.41. The summed E-state index contributed by atoms with van der Waals surface area (Å²) in [6.45, 7) is 4.71. The highest BCUT2D eigenvalue weighted by atomic mass is 15.1. The summed E-state index contributed by atoms with van der Waals surface area (Å²) in [5, 5.41) is 2.48. The van der Waals surface area contributed by atoms with Gasteiger partial charge >= 0.3 is 0 Å². The van der Waals surface area contributed by atoms with Crippen LogP contribution in [-0.2, 0) is 5.41 Å². The minimum atomic E-state index is -0.0950. The molecular formula is C51H38N2. The molecule has 0 saturated carbocycles. The first kappa shape index (κ1) is 31.1. The summed E-state index contributed by atoms with van der Waals surface area (Å²) in [6, 6.07) is 70.8. The van der Waals surface area contributed by atoms with E-state index >= 15 is 0 Å². The van der Waals surface area contributed by atoms with E-state index in [9.17, 15) is 0 Å². The van der Waals surface area contributed by atoms with Gasteiger partial charge in [0.05, 0.1) is 11.0 Å². The molecule has 2 nitrogen and oxygen atoms in total. The highest BCUT2D eigenvalue weighted by molar-refractivity contribution is 6.16. The van der Waals surface area contributed by atoms with Crippen molar-refractivity contribution in [2.24, 2.45) is 0 Å². The van der Waals surface area contributed by atoms with Gasteiger partial charge in [-0.25, -0.2) is 0 Å². The van der Waals surface area contributed by atoms with Crippen LogP contribution >= 0.6 is 0 Å². The van der Waals surface area contributed by atoms with Crippen LogP contribution in [0.15, 0.2) is 194 Å². The zero-order chi connectivity index (χ0) is 35.5. The fourth-order valence-corrected chi connectivity index (χ4v) is 8.64. The van der Waals surface area contributed by atoms with Gasteiger partial charge in [-0.1, -0.05) is 147 Å². The summed E-state index contributed by atoms with van der Waals surface area (Å²) in [7, 11) is 0. The molecule has 252 valence electrons. The average Bonchev–Trinajstić information content (AvgIpc) is 3.67. The summed E-state index contributed by atoms with van der Waals surface area (Å²) in [6.07, 6.45) is 0. The van der Waals surface area contributed by atoms with Gasteiger partial charge in [-0.15, -0.1) is 0 Å². The largest absolute Gasteiger partial charge is 0.310 e. The zero-order valence-corrected chi connectivity index (χ0v) is 29.9. The van der Waals surface area contributed by atoms with Gasteiger partial charge < -0.3 is 9.47 Å². The molecule has 8 aromatic carbocycles. The number of fused-ring (bicyclic) bond motifs is 6. The Balaban J connectivity index is 1.20. The van der Waals surface area contributed by atoms with Gasteiger partial charge in [0, 0.05) is 38.9 Å². The maximum atomic E-state index is 2.43. The lowest BCUT2D eigenvalue weighted by Gasteiger charge is -2.28. The molecule has 0 aliphatic heterocycles. The number of anilines is 3. The SMILES string of the molecule is CC1(C)c2ccccc2-c2ccc(N(c3ccccc3)c3ccc4c5c(-c6cccc(-c7ccccc7)c6)cccc5n(-c5ccccc5)c4c3)cc21. The molecule has 1 aliphatic rings. The molecule has 0 amide bonds. The summed E-state index contributed by atoms with van der Waals surface area (Å²) in [5.41, 5.74) is 17.1. The fraction of sp³-hybridized carbons (Fsp3) is 0.0588. The minimum absolute atomic E-state index is 0.0950. The Kier molecular flexibility index (Phi) is 7.19. The second kappa shape index (κ2) is 12.3. The molecule has 0 spiro atoms. The first-order chi connectivity index (χ1) is 26.1. The first-order valence-corrected chi connectivity index (χ1v) is 18.4. The molecule has 10 rings (SSSR count). The molecule has 0 radical (unpaired) electrons. The lowest BCUT2D eigenvalue weighted by atomic mass is 9.82.